The number of carbonyl (C=O) groups is 12. The summed E-state index contributed by atoms with van der Waals surface area (Å²) in [4.78, 5) is 168. The summed E-state index contributed by atoms with van der Waals surface area (Å²) in [5, 5.41) is 16.6. The number of alkyl carbamates (subject to hydrolysis) is 2. The Kier molecular flexibility index (Phi) is 23.7. The van der Waals surface area contributed by atoms with Gasteiger partial charge < -0.3 is 61.0 Å². The number of rotatable bonds is 22. The van der Waals surface area contributed by atoms with Crippen molar-refractivity contribution < 1.29 is 67.0 Å². The predicted octanol–water partition coefficient (Wildman–Crippen LogP) is 7.09. The highest BCUT2D eigenvalue weighted by Crippen LogP contribution is 2.47. The molecule has 2 spiro atoms. The molecule has 6 N–H and O–H groups in total. The van der Waals surface area contributed by atoms with E-state index in [0.717, 1.165) is 88.4 Å². The number of Topliss-reactive ketones (excluding diaryl/α,β-unsaturated/α-hetero) is 2. The molecule has 4 aliphatic heterocycles. The van der Waals surface area contributed by atoms with Crippen molar-refractivity contribution in [2.24, 2.45) is 21.7 Å². The number of ketones is 2. The van der Waals surface area contributed by atoms with E-state index in [4.69, 9.17) is 9.47 Å². The number of hydrogen-bond donors (Lipinski definition) is 6. The number of hydrogen-bond acceptors (Lipinski definition) is 14. The second-order valence-corrected chi connectivity index (χ2v) is 29.8. The summed E-state index contributed by atoms with van der Waals surface area (Å²) in [6.07, 6.45) is 10.8. The molecule has 0 radical (unpaired) electrons. The van der Waals surface area contributed by atoms with Crippen molar-refractivity contribution in [1.82, 2.24) is 41.7 Å². The molecule has 10 amide bonds. The first kappa shape index (κ1) is 72.9. The number of nitrogens with one attached hydrogen (secondary N) is 6. The first-order chi connectivity index (χ1) is 44.6. The van der Waals surface area contributed by atoms with E-state index in [1.165, 1.54) is 9.80 Å². The minimum Gasteiger partial charge on any atom is -0.446 e. The van der Waals surface area contributed by atoms with Crippen LogP contribution in [0.25, 0.3) is 0 Å². The summed E-state index contributed by atoms with van der Waals surface area (Å²) >= 11 is 0. The van der Waals surface area contributed by atoms with Gasteiger partial charge in [-0.25, -0.2) is 9.59 Å². The number of amides is 10. The van der Waals surface area contributed by atoms with E-state index in [9.17, 15) is 57.5 Å². The maximum atomic E-state index is 14.5. The van der Waals surface area contributed by atoms with Gasteiger partial charge in [0.05, 0.1) is 12.1 Å². The quantitative estimate of drug-likeness (QED) is 0.0642. The van der Waals surface area contributed by atoms with Crippen molar-refractivity contribution in [2.75, 3.05) is 36.0 Å². The highest BCUT2D eigenvalue weighted by Gasteiger charge is 2.58. The summed E-state index contributed by atoms with van der Waals surface area (Å²) in [6, 6.07) is 12.3. The third-order valence-electron chi connectivity index (χ3n) is 19.6. The Hall–Kier alpha value is -7.92. The van der Waals surface area contributed by atoms with Gasteiger partial charge >= 0.3 is 12.2 Å². The van der Waals surface area contributed by atoms with Crippen molar-refractivity contribution in [2.45, 2.75) is 252 Å². The monoisotopic (exact) mass is 1320 g/mol. The number of para-hydroxylation sites is 2. The molecule has 24 heteroatoms. The minimum atomic E-state index is -1.05. The van der Waals surface area contributed by atoms with E-state index < -0.39 is 117 Å². The van der Waals surface area contributed by atoms with Crippen LogP contribution in [0.5, 0.6) is 0 Å². The van der Waals surface area contributed by atoms with Crippen LogP contribution < -0.4 is 41.7 Å². The summed E-state index contributed by atoms with van der Waals surface area (Å²) in [7, 11) is 0. The van der Waals surface area contributed by atoms with E-state index in [0.29, 0.717) is 25.9 Å². The molecule has 95 heavy (non-hydrogen) atoms. The first-order valence-corrected chi connectivity index (χ1v) is 34.2. The molecule has 10 rings (SSSR count). The van der Waals surface area contributed by atoms with E-state index in [1.54, 1.807) is 9.80 Å². The molecule has 4 saturated heterocycles. The molecule has 4 saturated carbocycles. The number of likely N-dealkylation sites (tertiary alicyclic amines) is 2. The second kappa shape index (κ2) is 30.9. The largest absolute Gasteiger partial charge is 0.446 e. The third-order valence-corrected chi connectivity index (χ3v) is 19.6. The van der Waals surface area contributed by atoms with Crippen LogP contribution in [0.2, 0.25) is 0 Å². The molecule has 24 nitrogen and oxygen atoms in total. The van der Waals surface area contributed by atoms with Crippen LogP contribution in [0.3, 0.4) is 0 Å². The van der Waals surface area contributed by atoms with Gasteiger partial charge in [0, 0.05) is 73.3 Å². The lowest BCUT2D eigenvalue weighted by Crippen LogP contribution is -2.59. The Balaban J connectivity index is 0.000000241. The van der Waals surface area contributed by atoms with Gasteiger partial charge in [-0.3, -0.25) is 47.9 Å². The Morgan fingerprint density at radius 2 is 0.832 bits per heavy atom. The SMILES string of the molecule is C.CCC[C@H](NC(=O)[C@@H]1C[C@@]2(CC(=O)N(c3ccccc3)C2)CN1C(=O)[C@@H](NC(=O)OC1CCCC1)C(C)(C)C)C(=O)C(=O)NC1CC1.CCC[C@H](NC(=O)[C@@H]1C[C@]2(CC(=O)N(c3ccccc3)C2)CN1C(=O)[C@@H](NC(=O)OC1CCCC1)C(C)(C)C)C(=O)C(=O)NC1CC1. The Morgan fingerprint density at radius 3 is 1.14 bits per heavy atom. The van der Waals surface area contributed by atoms with Crippen LogP contribution in [-0.2, 0) is 57.4 Å². The molecule has 2 aromatic carbocycles. The summed E-state index contributed by atoms with van der Waals surface area (Å²) in [5.74, 6) is -5.14. The van der Waals surface area contributed by atoms with Crippen molar-refractivity contribution in [3.8, 4) is 0 Å². The zero-order chi connectivity index (χ0) is 67.9. The van der Waals surface area contributed by atoms with Gasteiger partial charge in [-0.1, -0.05) is 112 Å². The molecule has 2 aromatic rings. The molecule has 8 aliphatic rings. The highest BCUT2D eigenvalue weighted by atomic mass is 16.6. The number of carbonyl (C=O) groups excluding carboxylic acids is 12. The zero-order valence-electron chi connectivity index (χ0n) is 56.0. The van der Waals surface area contributed by atoms with Gasteiger partial charge in [-0.05, 0) is 138 Å². The van der Waals surface area contributed by atoms with Crippen LogP contribution in [0.15, 0.2) is 60.7 Å². The van der Waals surface area contributed by atoms with Crippen LogP contribution in [0.4, 0.5) is 21.0 Å². The number of anilines is 2. The van der Waals surface area contributed by atoms with Crippen molar-refractivity contribution >= 4 is 82.4 Å². The molecule has 4 heterocycles. The molecule has 0 bridgehead atoms. The van der Waals surface area contributed by atoms with Gasteiger partial charge in [0.2, 0.25) is 47.0 Å². The molecular weight excluding hydrogens is 1220 g/mol. The maximum Gasteiger partial charge on any atom is 0.408 e. The fraction of sp³-hybridized carbons (Fsp3) is 0.662. The fourth-order valence-corrected chi connectivity index (χ4v) is 14.2. The second-order valence-electron chi connectivity index (χ2n) is 29.8. The van der Waals surface area contributed by atoms with E-state index in [2.05, 4.69) is 31.9 Å². The summed E-state index contributed by atoms with van der Waals surface area (Å²) in [5.41, 5.74) is -1.48. The lowest BCUT2D eigenvalue weighted by Gasteiger charge is -2.36. The lowest BCUT2D eigenvalue weighted by atomic mass is 9.84. The van der Waals surface area contributed by atoms with Crippen molar-refractivity contribution in [1.29, 1.82) is 0 Å². The van der Waals surface area contributed by atoms with Gasteiger partial charge in [-0.2, -0.15) is 0 Å². The number of benzene rings is 2. The van der Waals surface area contributed by atoms with Gasteiger partial charge in [-0.15, -0.1) is 0 Å². The molecular formula is C71H102N10O14. The lowest BCUT2D eigenvalue weighted by molar-refractivity contribution is -0.144. The van der Waals surface area contributed by atoms with E-state index in [1.807, 2.05) is 116 Å². The highest BCUT2D eigenvalue weighted by molar-refractivity contribution is 6.39. The normalized spacial score (nSPS) is 24.0. The van der Waals surface area contributed by atoms with Crippen LogP contribution in [0, 0.1) is 21.7 Å². The van der Waals surface area contributed by atoms with Crippen LogP contribution in [-0.4, -0.2) is 168 Å². The smallest absolute Gasteiger partial charge is 0.408 e. The molecule has 0 unspecified atom stereocenters. The number of ether oxygens (including phenoxy) is 2. The third kappa shape index (κ3) is 18.4. The summed E-state index contributed by atoms with van der Waals surface area (Å²) in [6.45, 7) is 15.5. The minimum absolute atomic E-state index is 0. The zero-order valence-corrected chi connectivity index (χ0v) is 56.0. The van der Waals surface area contributed by atoms with Crippen molar-refractivity contribution in [3.05, 3.63) is 60.7 Å². The topological polar surface area (TPSA) is 308 Å². The Morgan fingerprint density at radius 1 is 0.495 bits per heavy atom. The fourth-order valence-electron chi connectivity index (χ4n) is 14.2. The average molecular weight is 1320 g/mol. The molecule has 4 aliphatic carbocycles. The van der Waals surface area contributed by atoms with Crippen LogP contribution >= 0.6 is 0 Å². The molecule has 520 valence electrons. The molecule has 8 atom stereocenters. The van der Waals surface area contributed by atoms with Crippen molar-refractivity contribution in [3.63, 3.8) is 0 Å². The Labute approximate surface area is 558 Å². The maximum absolute atomic E-state index is 14.5. The van der Waals surface area contributed by atoms with E-state index >= 15 is 0 Å². The number of nitrogens with zero attached hydrogens (tertiary/aromatic N) is 4. The molecule has 8 fully saturated rings. The first-order valence-electron chi connectivity index (χ1n) is 34.2. The molecule has 0 aromatic heterocycles. The summed E-state index contributed by atoms with van der Waals surface area (Å²) < 4.78 is 11.3. The average Bonchev–Trinajstić information content (AvgIpc) is 1.60. The van der Waals surface area contributed by atoms with E-state index in [-0.39, 0.29) is 95.1 Å². The van der Waals surface area contributed by atoms with Gasteiger partial charge in [0.1, 0.15) is 36.4 Å². The van der Waals surface area contributed by atoms with Gasteiger partial charge in [0.15, 0.2) is 0 Å². The standard InChI is InChI=1S/2C35H49N5O7.CH4/c2*1-5-11-25(28(42)31(44)36-22-16-17-22)37-30(43)26-18-35(19-27(41)39(20-35)23-12-7-6-8-13-23)21-40(26)32(45)29(34(2,3)4)38-33(46)47-24-14-9-10-15-24;/h2*6-8,12-13,22,24-26,29H,5,9-11,14-21H2,1-4H3,(H,36,44)(H,37,43)(H,38,46);1H4/t25-,26-,29+,35+;25-,26-,29+,35-;/m00./s1. The predicted molar refractivity (Wildman–Crippen MR) is 355 cm³/mol. The van der Waals surface area contributed by atoms with Gasteiger partial charge in [0.25, 0.3) is 11.8 Å². The van der Waals surface area contributed by atoms with Crippen LogP contribution in [0.1, 0.15) is 191 Å². The Bertz CT molecular complexity index is 2940.